The molecule has 6 rings (SSSR count). The second-order valence-electron chi connectivity index (χ2n) is 9.91. The van der Waals surface area contributed by atoms with Crippen LogP contribution in [0, 0.1) is 6.92 Å². The van der Waals surface area contributed by atoms with Gasteiger partial charge >= 0.3 is 0 Å². The average Bonchev–Trinajstić information content (AvgIpc) is 2.90. The van der Waals surface area contributed by atoms with E-state index in [9.17, 15) is 0 Å². The minimum Gasteiger partial charge on any atom is -0.0622 e. The highest BCUT2D eigenvalue weighted by Gasteiger charge is 2.28. The average molecular weight is 461 g/mol. The quantitative estimate of drug-likeness (QED) is 0.283. The van der Waals surface area contributed by atoms with Gasteiger partial charge in [0.25, 0.3) is 0 Å². The molecule has 0 heterocycles. The molecule has 2 aliphatic rings. The van der Waals surface area contributed by atoms with Crippen LogP contribution in [0.25, 0.3) is 11.1 Å². The second kappa shape index (κ2) is 9.52. The van der Waals surface area contributed by atoms with Crippen LogP contribution in [0.4, 0.5) is 0 Å². The van der Waals surface area contributed by atoms with E-state index in [2.05, 4.69) is 91.9 Å². The van der Waals surface area contributed by atoms with Crippen LogP contribution < -0.4 is 15.9 Å². The molecular weight excluding hydrogens is 427 g/mol. The lowest BCUT2D eigenvalue weighted by Crippen LogP contribution is -2.25. The summed E-state index contributed by atoms with van der Waals surface area (Å²) in [6.07, 6.45) is 10.2. The van der Waals surface area contributed by atoms with Gasteiger partial charge in [-0.3, -0.25) is 0 Å². The molecule has 34 heavy (non-hydrogen) atoms. The maximum atomic E-state index is 2.51. The maximum Gasteiger partial charge on any atom is -0.00599 e. The Kier molecular flexibility index (Phi) is 6.11. The van der Waals surface area contributed by atoms with Crippen molar-refractivity contribution in [1.29, 1.82) is 0 Å². The normalized spacial score (nSPS) is 15.1. The molecule has 0 saturated carbocycles. The second-order valence-corrected chi connectivity index (χ2v) is 12.1. The first-order valence-corrected chi connectivity index (χ1v) is 14.3. The Bertz CT molecular complexity index is 1260. The van der Waals surface area contributed by atoms with Crippen LogP contribution in [-0.4, -0.2) is 0 Å². The fourth-order valence-corrected chi connectivity index (χ4v) is 8.64. The molecule has 0 unspecified atom stereocenters. The summed E-state index contributed by atoms with van der Waals surface area (Å²) in [5.41, 5.74) is 11.1. The Morgan fingerprint density at radius 1 is 0.500 bits per heavy atom. The van der Waals surface area contributed by atoms with Gasteiger partial charge in [0.2, 0.25) is 0 Å². The summed E-state index contributed by atoms with van der Waals surface area (Å²) in [6.45, 7) is 2.35. The fourth-order valence-electron chi connectivity index (χ4n) is 6.16. The van der Waals surface area contributed by atoms with E-state index in [1.165, 1.54) is 67.5 Å². The minimum absolute atomic E-state index is 0.631. The first-order chi connectivity index (χ1) is 16.8. The molecule has 0 nitrogen and oxygen atoms in total. The largest absolute Gasteiger partial charge is 0.0622 e. The van der Waals surface area contributed by atoms with E-state index >= 15 is 0 Å². The van der Waals surface area contributed by atoms with Crippen molar-refractivity contribution >= 4 is 23.8 Å². The van der Waals surface area contributed by atoms with Gasteiger partial charge in [0.15, 0.2) is 0 Å². The Morgan fingerprint density at radius 3 is 1.59 bits per heavy atom. The number of hydrogen-bond acceptors (Lipinski definition) is 0. The van der Waals surface area contributed by atoms with Gasteiger partial charge < -0.3 is 0 Å². The molecule has 0 atom stereocenters. The number of hydrogen-bond donors (Lipinski definition) is 0. The summed E-state index contributed by atoms with van der Waals surface area (Å²) >= 11 is 0. The van der Waals surface area contributed by atoms with Crippen LogP contribution in [0.1, 0.15) is 53.5 Å². The monoisotopic (exact) mass is 460 g/mol. The van der Waals surface area contributed by atoms with E-state index < -0.39 is 7.92 Å². The standard InChI is InChI=1S/C33H33P/c1-24-20-21-25-12-8-10-18-29(25)32(24)33-30-19-11-9-13-26(30)22-23-31(33)34(27-14-4-2-5-15-27)28-16-6-3-7-17-28/h2-7,14-17,20-23H,8-13,18-19H2,1H3. The zero-order chi connectivity index (χ0) is 22.9. The van der Waals surface area contributed by atoms with Crippen LogP contribution >= 0.6 is 7.92 Å². The van der Waals surface area contributed by atoms with Gasteiger partial charge in [-0.25, -0.2) is 0 Å². The van der Waals surface area contributed by atoms with Crippen molar-refractivity contribution in [3.63, 3.8) is 0 Å². The molecule has 0 amide bonds. The highest BCUT2D eigenvalue weighted by atomic mass is 31.1. The lowest BCUT2D eigenvalue weighted by molar-refractivity contribution is 0.681. The number of fused-ring (bicyclic) bond motifs is 2. The smallest absolute Gasteiger partial charge is 0.00599 e. The van der Waals surface area contributed by atoms with Crippen molar-refractivity contribution in [2.75, 3.05) is 0 Å². The van der Waals surface area contributed by atoms with Crippen molar-refractivity contribution in [3.8, 4) is 11.1 Å². The molecule has 170 valence electrons. The highest BCUT2D eigenvalue weighted by Crippen LogP contribution is 2.44. The van der Waals surface area contributed by atoms with Gasteiger partial charge in [-0.1, -0.05) is 84.9 Å². The lowest BCUT2D eigenvalue weighted by Gasteiger charge is -2.31. The SMILES string of the molecule is Cc1ccc2c(c1-c1c(P(c3ccccc3)c3ccccc3)ccc3c1CCCC3)CCCC2. The fraction of sp³-hybridized carbons (Fsp3) is 0.273. The molecule has 0 N–H and O–H groups in total. The van der Waals surface area contributed by atoms with E-state index in [0.717, 1.165) is 0 Å². The van der Waals surface area contributed by atoms with E-state index in [1.54, 1.807) is 38.7 Å². The van der Waals surface area contributed by atoms with E-state index in [1.807, 2.05) is 0 Å². The predicted molar refractivity (Wildman–Crippen MR) is 149 cm³/mol. The van der Waals surface area contributed by atoms with Crippen molar-refractivity contribution in [1.82, 2.24) is 0 Å². The summed E-state index contributed by atoms with van der Waals surface area (Å²) in [4.78, 5) is 0. The van der Waals surface area contributed by atoms with Crippen LogP contribution in [-0.2, 0) is 25.7 Å². The summed E-state index contributed by atoms with van der Waals surface area (Å²) in [5.74, 6) is 0. The summed E-state index contributed by atoms with van der Waals surface area (Å²) in [6, 6.07) is 32.3. The molecule has 0 saturated heterocycles. The van der Waals surface area contributed by atoms with E-state index in [4.69, 9.17) is 0 Å². The molecule has 0 fully saturated rings. The van der Waals surface area contributed by atoms with Gasteiger partial charge in [0.05, 0.1) is 0 Å². The third-order valence-corrected chi connectivity index (χ3v) is 10.3. The number of rotatable bonds is 4. The zero-order valence-corrected chi connectivity index (χ0v) is 21.1. The van der Waals surface area contributed by atoms with Crippen molar-refractivity contribution < 1.29 is 0 Å². The minimum atomic E-state index is -0.631. The Morgan fingerprint density at radius 2 is 1.00 bits per heavy atom. The molecule has 4 aromatic carbocycles. The molecule has 0 spiro atoms. The van der Waals surface area contributed by atoms with Gasteiger partial charge in [0.1, 0.15) is 0 Å². The van der Waals surface area contributed by atoms with Crippen LogP contribution in [0.2, 0.25) is 0 Å². The van der Waals surface area contributed by atoms with Crippen molar-refractivity contribution in [2.45, 2.75) is 58.3 Å². The van der Waals surface area contributed by atoms with E-state index in [-0.39, 0.29) is 0 Å². The number of benzene rings is 4. The van der Waals surface area contributed by atoms with Crippen LogP contribution in [0.3, 0.4) is 0 Å². The van der Waals surface area contributed by atoms with Crippen LogP contribution in [0.15, 0.2) is 84.9 Å². The van der Waals surface area contributed by atoms with Crippen molar-refractivity contribution in [3.05, 3.63) is 113 Å². The molecular formula is C33H33P. The first kappa shape index (κ1) is 21.8. The predicted octanol–water partition coefficient (Wildman–Crippen LogP) is 7.18. The lowest BCUT2D eigenvalue weighted by atomic mass is 9.79. The van der Waals surface area contributed by atoms with Gasteiger partial charge in [-0.05, 0) is 121 Å². The maximum absolute atomic E-state index is 2.51. The Hall–Kier alpha value is -2.69. The van der Waals surface area contributed by atoms with Crippen molar-refractivity contribution in [2.24, 2.45) is 0 Å². The number of aryl methyl sites for hydroxylation is 3. The van der Waals surface area contributed by atoms with Crippen LogP contribution in [0.5, 0.6) is 0 Å². The topological polar surface area (TPSA) is 0 Å². The molecule has 0 aliphatic heterocycles. The zero-order valence-electron chi connectivity index (χ0n) is 20.2. The summed E-state index contributed by atoms with van der Waals surface area (Å²) in [5, 5.41) is 4.45. The molecule has 2 aliphatic carbocycles. The van der Waals surface area contributed by atoms with Gasteiger partial charge in [-0.2, -0.15) is 0 Å². The third kappa shape index (κ3) is 3.93. The molecule has 4 aromatic rings. The molecule has 0 radical (unpaired) electrons. The molecule has 0 bridgehead atoms. The first-order valence-electron chi connectivity index (χ1n) is 13.0. The van der Waals surface area contributed by atoms with E-state index in [0.29, 0.717) is 0 Å². The van der Waals surface area contributed by atoms with Gasteiger partial charge in [-0.15, -0.1) is 0 Å². The Balaban J connectivity index is 1.68. The van der Waals surface area contributed by atoms with Gasteiger partial charge in [0, 0.05) is 0 Å². The summed E-state index contributed by atoms with van der Waals surface area (Å²) < 4.78 is 0. The highest BCUT2D eigenvalue weighted by molar-refractivity contribution is 7.80. The third-order valence-electron chi connectivity index (χ3n) is 7.77. The Labute approximate surface area is 205 Å². The summed E-state index contributed by atoms with van der Waals surface area (Å²) in [7, 11) is -0.631. The molecule has 1 heteroatoms. The molecule has 0 aromatic heterocycles.